The minimum atomic E-state index is 0.340. The van der Waals surface area contributed by atoms with Crippen LogP contribution in [0.15, 0.2) is 35.8 Å². The number of rotatable bonds is 3. The van der Waals surface area contributed by atoms with E-state index in [1.165, 1.54) is 11.3 Å². The second kappa shape index (κ2) is 5.92. The molecule has 1 aromatic carbocycles. The zero-order valence-corrected chi connectivity index (χ0v) is 10.2. The summed E-state index contributed by atoms with van der Waals surface area (Å²) < 4.78 is 10.6. The second-order valence-corrected chi connectivity index (χ2v) is 4.00. The van der Waals surface area contributed by atoms with Gasteiger partial charge in [0.2, 0.25) is 0 Å². The molecule has 0 bridgehead atoms. The lowest BCUT2D eigenvalue weighted by molar-refractivity contribution is 0.363. The van der Waals surface area contributed by atoms with Crippen molar-refractivity contribution in [2.75, 3.05) is 13.7 Å². The van der Waals surface area contributed by atoms with Gasteiger partial charge in [0.15, 0.2) is 5.01 Å². The van der Waals surface area contributed by atoms with Gasteiger partial charge in [0.25, 0.3) is 0 Å². The Labute approximate surface area is 104 Å². The first-order valence-electron chi connectivity index (χ1n) is 5.04. The molecule has 0 amide bonds. The van der Waals surface area contributed by atoms with Crippen LogP contribution in [0.4, 0.5) is 0 Å². The number of hydrogen-bond donors (Lipinski definition) is 0. The SMILES string of the molecule is COc1cccc(OCC#Cc2nccs2)c1. The zero-order chi connectivity index (χ0) is 11.9. The highest BCUT2D eigenvalue weighted by Gasteiger charge is 1.94. The van der Waals surface area contributed by atoms with E-state index >= 15 is 0 Å². The second-order valence-electron chi connectivity index (χ2n) is 3.11. The highest BCUT2D eigenvalue weighted by molar-refractivity contribution is 7.10. The molecule has 0 aliphatic carbocycles. The highest BCUT2D eigenvalue weighted by Crippen LogP contribution is 2.18. The number of thiazole rings is 1. The van der Waals surface area contributed by atoms with Gasteiger partial charge in [-0.3, -0.25) is 0 Å². The summed E-state index contributed by atoms with van der Waals surface area (Å²) in [6.07, 6.45) is 1.73. The largest absolute Gasteiger partial charge is 0.497 e. The minimum absolute atomic E-state index is 0.340. The summed E-state index contributed by atoms with van der Waals surface area (Å²) in [5.41, 5.74) is 0. The summed E-state index contributed by atoms with van der Waals surface area (Å²) in [6.45, 7) is 0.340. The summed E-state index contributed by atoms with van der Waals surface area (Å²) in [5.74, 6) is 7.35. The van der Waals surface area contributed by atoms with Gasteiger partial charge < -0.3 is 9.47 Å². The summed E-state index contributed by atoms with van der Waals surface area (Å²) in [6, 6.07) is 7.44. The third-order valence-electron chi connectivity index (χ3n) is 1.98. The van der Waals surface area contributed by atoms with Gasteiger partial charge in [-0.1, -0.05) is 12.0 Å². The Morgan fingerprint density at radius 3 is 3.00 bits per heavy atom. The quantitative estimate of drug-likeness (QED) is 0.779. The summed E-state index contributed by atoms with van der Waals surface area (Å²) in [7, 11) is 1.63. The summed E-state index contributed by atoms with van der Waals surface area (Å²) >= 11 is 1.51. The number of ether oxygens (including phenoxy) is 2. The molecule has 0 spiro atoms. The van der Waals surface area contributed by atoms with Gasteiger partial charge in [-0.15, -0.1) is 11.3 Å². The number of aromatic nitrogens is 1. The van der Waals surface area contributed by atoms with Crippen molar-refractivity contribution in [1.29, 1.82) is 0 Å². The Morgan fingerprint density at radius 1 is 1.35 bits per heavy atom. The van der Waals surface area contributed by atoms with Crippen LogP contribution < -0.4 is 9.47 Å². The Bertz CT molecular complexity index is 526. The van der Waals surface area contributed by atoms with Crippen LogP contribution in [0.1, 0.15) is 5.01 Å². The Morgan fingerprint density at radius 2 is 2.24 bits per heavy atom. The first-order valence-corrected chi connectivity index (χ1v) is 5.91. The average molecular weight is 245 g/mol. The zero-order valence-electron chi connectivity index (χ0n) is 9.34. The predicted octanol–water partition coefficient (Wildman–Crippen LogP) is 2.58. The van der Waals surface area contributed by atoms with Gasteiger partial charge in [-0.2, -0.15) is 0 Å². The fourth-order valence-corrected chi connectivity index (χ4v) is 1.71. The Kier molecular flexibility index (Phi) is 4.00. The lowest BCUT2D eigenvalue weighted by Crippen LogP contribution is -1.94. The van der Waals surface area contributed by atoms with Gasteiger partial charge in [0.1, 0.15) is 18.1 Å². The third kappa shape index (κ3) is 3.51. The first kappa shape index (κ1) is 11.5. The van der Waals surface area contributed by atoms with Crippen LogP contribution >= 0.6 is 11.3 Å². The molecule has 17 heavy (non-hydrogen) atoms. The van der Waals surface area contributed by atoms with Gasteiger partial charge in [0.05, 0.1) is 7.11 Å². The van der Waals surface area contributed by atoms with Crippen molar-refractivity contribution in [3.63, 3.8) is 0 Å². The van der Waals surface area contributed by atoms with Crippen LogP contribution in [0, 0.1) is 11.8 Å². The maximum Gasteiger partial charge on any atom is 0.166 e. The van der Waals surface area contributed by atoms with Gasteiger partial charge in [-0.05, 0) is 18.1 Å². The summed E-state index contributed by atoms with van der Waals surface area (Å²) in [4.78, 5) is 4.06. The fourth-order valence-electron chi connectivity index (χ4n) is 1.21. The highest BCUT2D eigenvalue weighted by atomic mass is 32.1. The van der Waals surface area contributed by atoms with Crippen LogP contribution in [-0.2, 0) is 0 Å². The monoisotopic (exact) mass is 245 g/mol. The van der Waals surface area contributed by atoms with Gasteiger partial charge >= 0.3 is 0 Å². The van der Waals surface area contributed by atoms with Crippen LogP contribution in [0.5, 0.6) is 11.5 Å². The molecule has 0 aliphatic heterocycles. The Hall–Kier alpha value is -1.99. The third-order valence-corrected chi connectivity index (χ3v) is 2.67. The van der Waals surface area contributed by atoms with E-state index in [-0.39, 0.29) is 0 Å². The summed E-state index contributed by atoms with van der Waals surface area (Å²) in [5, 5.41) is 2.70. The number of hydrogen-bond acceptors (Lipinski definition) is 4. The predicted molar refractivity (Wildman–Crippen MR) is 67.5 cm³/mol. The molecule has 0 N–H and O–H groups in total. The molecule has 2 rings (SSSR count). The molecule has 0 radical (unpaired) electrons. The lowest BCUT2D eigenvalue weighted by atomic mass is 10.3. The van der Waals surface area contributed by atoms with E-state index in [1.54, 1.807) is 13.3 Å². The van der Waals surface area contributed by atoms with E-state index in [1.807, 2.05) is 29.6 Å². The number of methoxy groups -OCH3 is 1. The smallest absolute Gasteiger partial charge is 0.166 e. The Balaban J connectivity index is 1.89. The van der Waals surface area contributed by atoms with Crippen molar-refractivity contribution in [3.05, 3.63) is 40.8 Å². The van der Waals surface area contributed by atoms with Crippen molar-refractivity contribution < 1.29 is 9.47 Å². The first-order chi connectivity index (χ1) is 8.38. The fraction of sp³-hybridized carbons (Fsp3) is 0.154. The molecule has 0 aliphatic rings. The lowest BCUT2D eigenvalue weighted by Gasteiger charge is -2.03. The molecule has 4 heteroatoms. The molecule has 1 aromatic heterocycles. The van der Waals surface area contributed by atoms with E-state index in [9.17, 15) is 0 Å². The van der Waals surface area contributed by atoms with Crippen LogP contribution in [-0.4, -0.2) is 18.7 Å². The minimum Gasteiger partial charge on any atom is -0.497 e. The molecule has 0 atom stereocenters. The van der Waals surface area contributed by atoms with Crippen molar-refractivity contribution in [3.8, 4) is 23.3 Å². The molecule has 0 saturated carbocycles. The maximum absolute atomic E-state index is 5.47. The van der Waals surface area contributed by atoms with Crippen molar-refractivity contribution >= 4 is 11.3 Å². The van der Waals surface area contributed by atoms with Gasteiger partial charge in [0, 0.05) is 17.6 Å². The molecule has 1 heterocycles. The van der Waals surface area contributed by atoms with E-state index < -0.39 is 0 Å². The molecule has 0 unspecified atom stereocenters. The normalized spacial score (nSPS) is 9.24. The molecular formula is C13H11NO2S. The molecule has 2 aromatic rings. The topological polar surface area (TPSA) is 31.4 Å². The number of benzene rings is 1. The van der Waals surface area contributed by atoms with Gasteiger partial charge in [-0.25, -0.2) is 4.98 Å². The van der Waals surface area contributed by atoms with Crippen molar-refractivity contribution in [2.24, 2.45) is 0 Å². The van der Waals surface area contributed by atoms with E-state index in [4.69, 9.17) is 9.47 Å². The number of nitrogens with zero attached hydrogens (tertiary/aromatic N) is 1. The van der Waals surface area contributed by atoms with Crippen LogP contribution in [0.3, 0.4) is 0 Å². The maximum atomic E-state index is 5.47. The molecule has 0 fully saturated rings. The van der Waals surface area contributed by atoms with Crippen LogP contribution in [0.2, 0.25) is 0 Å². The van der Waals surface area contributed by atoms with Crippen molar-refractivity contribution in [1.82, 2.24) is 4.98 Å². The molecule has 3 nitrogen and oxygen atoms in total. The molecule has 86 valence electrons. The van der Waals surface area contributed by atoms with E-state index in [0.717, 1.165) is 16.5 Å². The van der Waals surface area contributed by atoms with Crippen LogP contribution in [0.25, 0.3) is 0 Å². The van der Waals surface area contributed by atoms with E-state index in [0.29, 0.717) is 6.61 Å². The average Bonchev–Trinajstić information content (AvgIpc) is 2.88. The molecular weight excluding hydrogens is 234 g/mol. The van der Waals surface area contributed by atoms with E-state index in [2.05, 4.69) is 16.8 Å². The molecule has 0 saturated heterocycles. The standard InChI is InChI=1S/C13H11NO2S/c1-15-11-4-2-5-12(10-11)16-8-3-6-13-14-7-9-17-13/h2,4-5,7,9-10H,8H2,1H3. The van der Waals surface area contributed by atoms with Crippen molar-refractivity contribution in [2.45, 2.75) is 0 Å².